The van der Waals surface area contributed by atoms with Crippen molar-refractivity contribution in [2.24, 2.45) is 0 Å². The van der Waals surface area contributed by atoms with E-state index in [-0.39, 0.29) is 23.4 Å². The van der Waals surface area contributed by atoms with Gasteiger partial charge in [-0.3, -0.25) is 9.59 Å². The molecule has 2 amide bonds. The fraction of sp³-hybridized carbons (Fsp3) is 0.364. The molecular formula is C22H27N3O6S. The van der Waals surface area contributed by atoms with Gasteiger partial charge in [-0.2, -0.15) is 4.31 Å². The maximum atomic E-state index is 13.0. The number of benzene rings is 2. The smallest absolute Gasteiger partial charge is 0.243 e. The van der Waals surface area contributed by atoms with Crippen molar-refractivity contribution in [3.63, 3.8) is 0 Å². The molecule has 0 aromatic heterocycles. The molecule has 0 saturated carbocycles. The zero-order valence-corrected chi connectivity index (χ0v) is 19.5. The van der Waals surface area contributed by atoms with Gasteiger partial charge in [0.25, 0.3) is 0 Å². The van der Waals surface area contributed by atoms with E-state index in [1.807, 2.05) is 6.92 Å². The number of anilines is 2. The highest BCUT2D eigenvalue weighted by Gasteiger charge is 2.31. The average molecular weight is 462 g/mol. The first kappa shape index (κ1) is 23.6. The largest absolute Gasteiger partial charge is 0.497 e. The molecule has 0 radical (unpaired) electrons. The number of methoxy groups -OCH3 is 2. The van der Waals surface area contributed by atoms with Gasteiger partial charge in [0.2, 0.25) is 21.8 Å². The van der Waals surface area contributed by atoms with Crippen molar-refractivity contribution in [2.75, 3.05) is 38.0 Å². The standard InChI is InChI=1S/C22H27N3O6S/c1-14-8-16-9-20(6-7-21(16)25(14)15(2)26)32(28,29)24(3)13-22(27)23-17-10-18(30-4)12-19(11-17)31-5/h6-7,9-12,14H,8,13H2,1-5H3,(H,23,27)/t14-/m1/s1. The summed E-state index contributed by atoms with van der Waals surface area (Å²) in [6.45, 7) is 3.02. The second kappa shape index (κ2) is 9.17. The lowest BCUT2D eigenvalue weighted by Gasteiger charge is -2.21. The van der Waals surface area contributed by atoms with E-state index in [9.17, 15) is 18.0 Å². The number of nitrogens with zero attached hydrogens (tertiary/aromatic N) is 2. The number of rotatable bonds is 7. The second-order valence-electron chi connectivity index (χ2n) is 7.64. The van der Waals surface area contributed by atoms with Crippen LogP contribution in [-0.4, -0.2) is 58.4 Å². The number of likely N-dealkylation sites (N-methyl/N-ethyl adjacent to an activating group) is 1. The van der Waals surface area contributed by atoms with Crippen molar-refractivity contribution in [1.82, 2.24) is 4.31 Å². The van der Waals surface area contributed by atoms with E-state index in [0.717, 1.165) is 15.6 Å². The van der Waals surface area contributed by atoms with Crippen molar-refractivity contribution in [1.29, 1.82) is 0 Å². The van der Waals surface area contributed by atoms with Gasteiger partial charge in [-0.05, 0) is 37.1 Å². The van der Waals surface area contributed by atoms with E-state index in [2.05, 4.69) is 5.32 Å². The number of hydrogen-bond acceptors (Lipinski definition) is 6. The van der Waals surface area contributed by atoms with E-state index in [1.165, 1.54) is 34.3 Å². The van der Waals surface area contributed by atoms with Gasteiger partial charge in [-0.1, -0.05) is 0 Å². The number of nitrogens with one attached hydrogen (secondary N) is 1. The molecule has 172 valence electrons. The van der Waals surface area contributed by atoms with Crippen LogP contribution in [0, 0.1) is 0 Å². The summed E-state index contributed by atoms with van der Waals surface area (Å²) < 4.78 is 37.4. The summed E-state index contributed by atoms with van der Waals surface area (Å²) in [5.74, 6) is 0.388. The van der Waals surface area contributed by atoms with Crippen LogP contribution in [0.15, 0.2) is 41.3 Å². The predicted molar refractivity (Wildman–Crippen MR) is 121 cm³/mol. The summed E-state index contributed by atoms with van der Waals surface area (Å²) >= 11 is 0. The highest BCUT2D eigenvalue weighted by Crippen LogP contribution is 2.34. The molecule has 10 heteroatoms. The summed E-state index contributed by atoms with van der Waals surface area (Å²) in [6.07, 6.45) is 0.570. The molecule has 3 rings (SSSR count). The summed E-state index contributed by atoms with van der Waals surface area (Å²) in [6, 6.07) is 9.52. The first-order chi connectivity index (χ1) is 15.1. The predicted octanol–water partition coefficient (Wildman–Crippen LogP) is 2.26. The van der Waals surface area contributed by atoms with Crippen LogP contribution in [0.4, 0.5) is 11.4 Å². The number of hydrogen-bond donors (Lipinski definition) is 1. The van der Waals surface area contributed by atoms with Gasteiger partial charge >= 0.3 is 0 Å². The van der Waals surface area contributed by atoms with Gasteiger partial charge in [-0.25, -0.2) is 8.42 Å². The van der Waals surface area contributed by atoms with E-state index in [4.69, 9.17) is 9.47 Å². The SMILES string of the molecule is COc1cc(NC(=O)CN(C)S(=O)(=O)c2ccc3c(c2)C[C@@H](C)N3C(C)=O)cc(OC)c1. The molecule has 32 heavy (non-hydrogen) atoms. The topological polar surface area (TPSA) is 105 Å². The number of sulfonamides is 1. The highest BCUT2D eigenvalue weighted by molar-refractivity contribution is 7.89. The Morgan fingerprint density at radius 3 is 2.31 bits per heavy atom. The Balaban J connectivity index is 1.75. The molecule has 0 aliphatic carbocycles. The van der Waals surface area contributed by atoms with Crippen LogP contribution in [0.5, 0.6) is 11.5 Å². The quantitative estimate of drug-likeness (QED) is 0.678. The average Bonchev–Trinajstić information content (AvgIpc) is 3.08. The number of amides is 2. The minimum atomic E-state index is -3.91. The summed E-state index contributed by atoms with van der Waals surface area (Å²) in [5.41, 5.74) is 1.93. The van der Waals surface area contributed by atoms with Gasteiger partial charge in [0.15, 0.2) is 0 Å². The monoisotopic (exact) mass is 461 g/mol. The van der Waals surface area contributed by atoms with Gasteiger partial charge in [0.1, 0.15) is 11.5 Å². The van der Waals surface area contributed by atoms with E-state index < -0.39 is 15.9 Å². The Bertz CT molecular complexity index is 1130. The Hall–Kier alpha value is -3.11. The highest BCUT2D eigenvalue weighted by atomic mass is 32.2. The zero-order valence-electron chi connectivity index (χ0n) is 18.7. The van der Waals surface area contributed by atoms with Crippen molar-refractivity contribution in [3.8, 4) is 11.5 Å². The third-order valence-corrected chi connectivity index (χ3v) is 7.11. The molecular weight excluding hydrogens is 434 g/mol. The number of ether oxygens (including phenoxy) is 2. The second-order valence-corrected chi connectivity index (χ2v) is 9.69. The Labute approximate surface area is 188 Å². The minimum absolute atomic E-state index is 0.0381. The van der Waals surface area contributed by atoms with E-state index in [0.29, 0.717) is 23.6 Å². The molecule has 1 heterocycles. The molecule has 0 saturated heterocycles. The lowest BCUT2D eigenvalue weighted by Crippen LogP contribution is -2.35. The molecule has 0 unspecified atom stereocenters. The number of fused-ring (bicyclic) bond motifs is 1. The molecule has 1 aliphatic rings. The van der Waals surface area contributed by atoms with Crippen LogP contribution < -0.4 is 19.7 Å². The minimum Gasteiger partial charge on any atom is -0.497 e. The van der Waals surface area contributed by atoms with Crippen LogP contribution in [-0.2, 0) is 26.0 Å². The molecule has 1 N–H and O–H groups in total. The number of carbonyl (C=O) groups excluding carboxylic acids is 2. The van der Waals surface area contributed by atoms with Crippen molar-refractivity contribution in [3.05, 3.63) is 42.0 Å². The first-order valence-electron chi connectivity index (χ1n) is 9.98. The molecule has 1 atom stereocenters. The molecule has 0 spiro atoms. The van der Waals surface area contributed by atoms with Crippen LogP contribution in [0.2, 0.25) is 0 Å². The van der Waals surface area contributed by atoms with E-state index in [1.54, 1.807) is 35.2 Å². The van der Waals surface area contributed by atoms with Crippen LogP contribution >= 0.6 is 0 Å². The molecule has 1 aliphatic heterocycles. The third kappa shape index (κ3) is 4.71. The van der Waals surface area contributed by atoms with E-state index >= 15 is 0 Å². The lowest BCUT2D eigenvalue weighted by atomic mass is 10.1. The summed E-state index contributed by atoms with van der Waals surface area (Å²) in [7, 11) is 0.424. The van der Waals surface area contributed by atoms with Crippen LogP contribution in [0.1, 0.15) is 19.4 Å². The fourth-order valence-corrected chi connectivity index (χ4v) is 4.97. The Morgan fingerprint density at radius 2 is 1.75 bits per heavy atom. The third-order valence-electron chi connectivity index (χ3n) is 5.32. The molecule has 0 bridgehead atoms. The fourth-order valence-electron chi connectivity index (χ4n) is 3.80. The van der Waals surface area contributed by atoms with Crippen molar-refractivity contribution >= 4 is 33.2 Å². The van der Waals surface area contributed by atoms with Crippen molar-refractivity contribution in [2.45, 2.75) is 31.2 Å². The molecule has 9 nitrogen and oxygen atoms in total. The molecule has 2 aromatic carbocycles. The van der Waals surface area contributed by atoms with Gasteiger partial charge in [0, 0.05) is 49.6 Å². The lowest BCUT2D eigenvalue weighted by molar-refractivity contribution is -0.117. The molecule has 2 aromatic rings. The van der Waals surface area contributed by atoms with Gasteiger partial charge in [-0.15, -0.1) is 0 Å². The Morgan fingerprint density at radius 1 is 1.12 bits per heavy atom. The number of carbonyl (C=O) groups is 2. The maximum Gasteiger partial charge on any atom is 0.243 e. The van der Waals surface area contributed by atoms with Gasteiger partial charge in [0.05, 0.1) is 25.7 Å². The van der Waals surface area contributed by atoms with Crippen LogP contribution in [0.25, 0.3) is 0 Å². The van der Waals surface area contributed by atoms with Crippen molar-refractivity contribution < 1.29 is 27.5 Å². The molecule has 0 fully saturated rings. The van der Waals surface area contributed by atoms with Crippen LogP contribution in [0.3, 0.4) is 0 Å². The maximum absolute atomic E-state index is 13.0. The van der Waals surface area contributed by atoms with Gasteiger partial charge < -0.3 is 19.7 Å². The Kier molecular flexibility index (Phi) is 6.75. The summed E-state index contributed by atoms with van der Waals surface area (Å²) in [4.78, 5) is 26.1. The summed E-state index contributed by atoms with van der Waals surface area (Å²) in [5, 5.41) is 2.66. The normalized spacial score (nSPS) is 15.4. The zero-order chi connectivity index (χ0) is 23.6. The first-order valence-corrected chi connectivity index (χ1v) is 11.4.